The summed E-state index contributed by atoms with van der Waals surface area (Å²) < 4.78 is 1.82. The SMILES string of the molecule is CCCC[C@H](NC(=O)c1cc(C)c(C)n1C)C(=O)N[C@H]1CCC[C@H]1C(=O)O. The first kappa shape index (κ1) is 21.0. The molecule has 7 heteroatoms. The maximum absolute atomic E-state index is 12.8. The Labute approximate surface area is 160 Å². The predicted molar refractivity (Wildman–Crippen MR) is 103 cm³/mol. The van der Waals surface area contributed by atoms with Crippen molar-refractivity contribution in [1.82, 2.24) is 15.2 Å². The van der Waals surface area contributed by atoms with Crippen molar-refractivity contribution < 1.29 is 19.5 Å². The molecule has 0 aromatic carbocycles. The highest BCUT2D eigenvalue weighted by Gasteiger charge is 2.35. The molecule has 0 unspecified atom stereocenters. The average Bonchev–Trinajstić information content (AvgIpc) is 3.18. The van der Waals surface area contributed by atoms with Crippen LogP contribution in [0.5, 0.6) is 0 Å². The number of aromatic nitrogens is 1. The van der Waals surface area contributed by atoms with E-state index in [9.17, 15) is 19.5 Å². The molecular weight excluding hydrogens is 346 g/mol. The largest absolute Gasteiger partial charge is 0.481 e. The second kappa shape index (κ2) is 9.06. The van der Waals surface area contributed by atoms with Crippen LogP contribution < -0.4 is 10.6 Å². The Morgan fingerprint density at radius 2 is 2.00 bits per heavy atom. The third-order valence-electron chi connectivity index (χ3n) is 5.65. The van der Waals surface area contributed by atoms with Crippen molar-refractivity contribution in [3.8, 4) is 0 Å². The highest BCUT2D eigenvalue weighted by atomic mass is 16.4. The molecule has 7 nitrogen and oxygen atoms in total. The third kappa shape index (κ3) is 4.90. The summed E-state index contributed by atoms with van der Waals surface area (Å²) in [5, 5.41) is 15.0. The monoisotopic (exact) mass is 377 g/mol. The lowest BCUT2D eigenvalue weighted by Gasteiger charge is -2.23. The van der Waals surface area contributed by atoms with Crippen LogP contribution in [0.25, 0.3) is 0 Å². The van der Waals surface area contributed by atoms with Gasteiger partial charge in [0.15, 0.2) is 0 Å². The summed E-state index contributed by atoms with van der Waals surface area (Å²) in [6.07, 6.45) is 4.26. The molecule has 0 radical (unpaired) electrons. The van der Waals surface area contributed by atoms with Gasteiger partial charge >= 0.3 is 5.97 Å². The number of hydrogen-bond acceptors (Lipinski definition) is 3. The van der Waals surface area contributed by atoms with Crippen LogP contribution in [-0.2, 0) is 16.6 Å². The second-order valence-corrected chi connectivity index (χ2v) is 7.52. The highest BCUT2D eigenvalue weighted by Crippen LogP contribution is 2.26. The molecule has 2 amide bonds. The average molecular weight is 377 g/mol. The van der Waals surface area contributed by atoms with Crippen molar-refractivity contribution >= 4 is 17.8 Å². The molecule has 1 aromatic heterocycles. The number of nitrogens with zero attached hydrogens (tertiary/aromatic N) is 1. The zero-order valence-electron chi connectivity index (χ0n) is 16.7. The number of carbonyl (C=O) groups is 3. The van der Waals surface area contributed by atoms with Gasteiger partial charge in [-0.2, -0.15) is 0 Å². The Hall–Kier alpha value is -2.31. The first-order valence-corrected chi connectivity index (χ1v) is 9.73. The molecule has 1 aliphatic rings. The van der Waals surface area contributed by atoms with Crippen molar-refractivity contribution in [3.05, 3.63) is 23.0 Å². The van der Waals surface area contributed by atoms with Crippen LogP contribution in [0.2, 0.25) is 0 Å². The van der Waals surface area contributed by atoms with Gasteiger partial charge in [0.2, 0.25) is 5.91 Å². The Balaban J connectivity index is 2.09. The van der Waals surface area contributed by atoms with Crippen molar-refractivity contribution in [1.29, 1.82) is 0 Å². The Morgan fingerprint density at radius 3 is 2.56 bits per heavy atom. The minimum Gasteiger partial charge on any atom is -0.481 e. The van der Waals surface area contributed by atoms with Crippen LogP contribution >= 0.6 is 0 Å². The lowest BCUT2D eigenvalue weighted by atomic mass is 10.0. The van der Waals surface area contributed by atoms with Crippen LogP contribution in [0, 0.1) is 19.8 Å². The lowest BCUT2D eigenvalue weighted by molar-refractivity contribution is -0.142. The molecule has 1 saturated carbocycles. The normalized spacial score (nSPS) is 20.3. The summed E-state index contributed by atoms with van der Waals surface area (Å²) >= 11 is 0. The summed E-state index contributed by atoms with van der Waals surface area (Å²) in [5.74, 6) is -2.00. The van der Waals surface area contributed by atoms with Crippen LogP contribution in [0.4, 0.5) is 0 Å². The molecule has 3 atom stereocenters. The zero-order chi connectivity index (χ0) is 20.1. The molecular formula is C20H31N3O4. The van der Waals surface area contributed by atoms with E-state index in [0.29, 0.717) is 25.0 Å². The summed E-state index contributed by atoms with van der Waals surface area (Å²) in [5.41, 5.74) is 2.54. The van der Waals surface area contributed by atoms with Gasteiger partial charge in [0.25, 0.3) is 5.91 Å². The standard InChI is InChI=1S/C20H31N3O4/c1-5-6-9-16(18(24)21-15-10-7-8-14(15)20(26)27)22-19(25)17-11-12(2)13(3)23(17)4/h11,14-16H,5-10H2,1-4H3,(H,21,24)(H,22,25)(H,26,27)/t14-,15+,16+/m1/s1. The van der Waals surface area contributed by atoms with Crippen molar-refractivity contribution in [2.45, 2.75) is 71.4 Å². The summed E-state index contributed by atoms with van der Waals surface area (Å²) in [6, 6.07) is 0.787. The second-order valence-electron chi connectivity index (χ2n) is 7.52. The van der Waals surface area contributed by atoms with Gasteiger partial charge in [-0.15, -0.1) is 0 Å². The van der Waals surface area contributed by atoms with E-state index in [2.05, 4.69) is 10.6 Å². The molecule has 0 bridgehead atoms. The smallest absolute Gasteiger partial charge is 0.308 e. The topological polar surface area (TPSA) is 100 Å². The van der Waals surface area contributed by atoms with Gasteiger partial charge in [-0.25, -0.2) is 0 Å². The van der Waals surface area contributed by atoms with Gasteiger partial charge < -0.3 is 20.3 Å². The van der Waals surface area contributed by atoms with E-state index in [-0.39, 0.29) is 17.9 Å². The maximum atomic E-state index is 12.8. The fraction of sp³-hybridized carbons (Fsp3) is 0.650. The third-order valence-corrected chi connectivity index (χ3v) is 5.65. The first-order chi connectivity index (χ1) is 12.8. The molecule has 150 valence electrons. The van der Waals surface area contributed by atoms with Crippen molar-refractivity contribution in [2.75, 3.05) is 0 Å². The van der Waals surface area contributed by atoms with Gasteiger partial charge in [-0.3, -0.25) is 14.4 Å². The van der Waals surface area contributed by atoms with Gasteiger partial charge in [0.1, 0.15) is 11.7 Å². The number of amides is 2. The van der Waals surface area contributed by atoms with Crippen LogP contribution in [0.15, 0.2) is 6.07 Å². The minimum atomic E-state index is -0.873. The Bertz CT molecular complexity index is 710. The molecule has 1 heterocycles. The number of aliphatic carboxylic acids is 1. The van der Waals surface area contributed by atoms with Crippen molar-refractivity contribution in [3.63, 3.8) is 0 Å². The van der Waals surface area contributed by atoms with Crippen LogP contribution in [-0.4, -0.2) is 39.5 Å². The molecule has 1 aliphatic carbocycles. The minimum absolute atomic E-state index is 0.286. The number of rotatable bonds is 8. The van der Waals surface area contributed by atoms with E-state index in [4.69, 9.17) is 0 Å². The zero-order valence-corrected chi connectivity index (χ0v) is 16.7. The summed E-state index contributed by atoms with van der Waals surface area (Å²) in [6.45, 7) is 5.91. The number of aryl methyl sites for hydroxylation is 1. The van der Waals surface area contributed by atoms with E-state index in [1.807, 2.05) is 38.5 Å². The molecule has 27 heavy (non-hydrogen) atoms. The number of carbonyl (C=O) groups excluding carboxylic acids is 2. The predicted octanol–water partition coefficient (Wildman–Crippen LogP) is 2.30. The van der Waals surface area contributed by atoms with Crippen LogP contribution in [0.3, 0.4) is 0 Å². The maximum Gasteiger partial charge on any atom is 0.308 e. The fourth-order valence-electron chi connectivity index (χ4n) is 3.69. The van der Waals surface area contributed by atoms with E-state index >= 15 is 0 Å². The van der Waals surface area contributed by atoms with Crippen molar-refractivity contribution in [2.24, 2.45) is 13.0 Å². The fourth-order valence-corrected chi connectivity index (χ4v) is 3.69. The lowest BCUT2D eigenvalue weighted by Crippen LogP contribution is -2.51. The molecule has 2 rings (SSSR count). The van der Waals surface area contributed by atoms with Gasteiger partial charge in [0.05, 0.1) is 5.92 Å². The van der Waals surface area contributed by atoms with Gasteiger partial charge in [-0.05, 0) is 44.7 Å². The van der Waals surface area contributed by atoms with E-state index in [1.165, 1.54) is 0 Å². The van der Waals surface area contributed by atoms with Crippen LogP contribution in [0.1, 0.15) is 67.2 Å². The first-order valence-electron chi connectivity index (χ1n) is 9.73. The Morgan fingerprint density at radius 1 is 1.30 bits per heavy atom. The molecule has 0 saturated heterocycles. The molecule has 1 fully saturated rings. The van der Waals surface area contributed by atoms with E-state index in [1.54, 1.807) is 0 Å². The Kier molecular flexibility index (Phi) is 7.05. The van der Waals surface area contributed by atoms with Gasteiger partial charge in [0, 0.05) is 18.8 Å². The number of carboxylic acid groups (broad SMARTS) is 1. The quantitative estimate of drug-likeness (QED) is 0.647. The summed E-state index contributed by atoms with van der Waals surface area (Å²) in [4.78, 5) is 36.8. The number of hydrogen-bond donors (Lipinski definition) is 3. The summed E-state index contributed by atoms with van der Waals surface area (Å²) in [7, 11) is 1.83. The molecule has 3 N–H and O–H groups in total. The van der Waals surface area contributed by atoms with E-state index < -0.39 is 17.9 Å². The van der Waals surface area contributed by atoms with E-state index in [0.717, 1.165) is 30.5 Å². The molecule has 0 spiro atoms. The number of nitrogens with one attached hydrogen (secondary N) is 2. The molecule has 0 aliphatic heterocycles. The molecule has 1 aromatic rings. The van der Waals surface area contributed by atoms with Gasteiger partial charge in [-0.1, -0.05) is 26.2 Å². The highest BCUT2D eigenvalue weighted by molar-refractivity contribution is 5.97. The number of unbranched alkanes of at least 4 members (excludes halogenated alkanes) is 1. The number of carboxylic acids is 1.